The first kappa shape index (κ1) is 11.6. The van der Waals surface area contributed by atoms with Gasteiger partial charge in [0.25, 0.3) is 0 Å². The number of hydrogen-bond acceptors (Lipinski definition) is 5. The zero-order chi connectivity index (χ0) is 12.5. The normalized spacial score (nSPS) is 12.5. The molecule has 0 atom stereocenters. The summed E-state index contributed by atoms with van der Waals surface area (Å²) in [5, 5.41) is 0. The Morgan fingerprint density at radius 2 is 2.06 bits per heavy atom. The van der Waals surface area contributed by atoms with Gasteiger partial charge in [-0.1, -0.05) is 0 Å². The number of ether oxygens (including phenoxy) is 3. The van der Waals surface area contributed by atoms with Crippen LogP contribution >= 0.6 is 27.3 Å². The highest BCUT2D eigenvalue weighted by Crippen LogP contribution is 2.35. The standard InChI is InChI=1S/C12H7BrO4S/c13-11-4-3-10(18-11)12(14)17-7-1-2-8-9(5-7)16-6-15-8/h1-5H,6H2. The van der Waals surface area contributed by atoms with E-state index in [1.165, 1.54) is 11.3 Å². The lowest BCUT2D eigenvalue weighted by atomic mass is 10.3. The summed E-state index contributed by atoms with van der Waals surface area (Å²) in [5.74, 6) is 1.31. The maximum atomic E-state index is 11.8. The van der Waals surface area contributed by atoms with Crippen LogP contribution in [0, 0.1) is 0 Å². The highest BCUT2D eigenvalue weighted by molar-refractivity contribution is 9.11. The Labute approximate surface area is 115 Å². The third-order valence-electron chi connectivity index (χ3n) is 2.33. The van der Waals surface area contributed by atoms with Crippen molar-refractivity contribution in [3.05, 3.63) is 39.0 Å². The zero-order valence-electron chi connectivity index (χ0n) is 9.01. The van der Waals surface area contributed by atoms with Crippen molar-refractivity contribution in [2.75, 3.05) is 6.79 Å². The zero-order valence-corrected chi connectivity index (χ0v) is 11.4. The van der Waals surface area contributed by atoms with Crippen molar-refractivity contribution in [3.63, 3.8) is 0 Å². The Kier molecular flexibility index (Phi) is 2.97. The molecule has 6 heteroatoms. The largest absolute Gasteiger partial charge is 0.454 e. The number of esters is 1. The fourth-order valence-corrected chi connectivity index (χ4v) is 2.78. The average molecular weight is 327 g/mol. The predicted molar refractivity (Wildman–Crippen MR) is 69.5 cm³/mol. The van der Waals surface area contributed by atoms with Gasteiger partial charge in [-0.25, -0.2) is 4.79 Å². The Morgan fingerprint density at radius 1 is 1.22 bits per heavy atom. The SMILES string of the molecule is O=C(Oc1ccc2c(c1)OCO2)c1ccc(Br)s1. The van der Waals surface area contributed by atoms with Gasteiger partial charge in [-0.05, 0) is 40.2 Å². The van der Waals surface area contributed by atoms with Gasteiger partial charge in [0.05, 0.1) is 3.79 Å². The fraction of sp³-hybridized carbons (Fsp3) is 0.0833. The van der Waals surface area contributed by atoms with Gasteiger partial charge in [0.2, 0.25) is 6.79 Å². The Balaban J connectivity index is 1.78. The summed E-state index contributed by atoms with van der Waals surface area (Å²) >= 11 is 4.63. The van der Waals surface area contributed by atoms with Gasteiger partial charge in [0.15, 0.2) is 11.5 Å². The van der Waals surface area contributed by atoms with Gasteiger partial charge >= 0.3 is 5.97 Å². The van der Waals surface area contributed by atoms with Crippen LogP contribution in [0.5, 0.6) is 17.2 Å². The third kappa shape index (κ3) is 2.21. The molecule has 1 aliphatic rings. The monoisotopic (exact) mass is 326 g/mol. The van der Waals surface area contributed by atoms with Crippen LogP contribution in [0.4, 0.5) is 0 Å². The first-order valence-electron chi connectivity index (χ1n) is 5.09. The number of carbonyl (C=O) groups excluding carboxylic acids is 1. The topological polar surface area (TPSA) is 44.8 Å². The van der Waals surface area contributed by atoms with Gasteiger partial charge in [0, 0.05) is 6.07 Å². The van der Waals surface area contributed by atoms with Crippen LogP contribution in [0.15, 0.2) is 34.1 Å². The minimum absolute atomic E-state index is 0.199. The Bertz CT molecular complexity index is 608. The highest BCUT2D eigenvalue weighted by Gasteiger charge is 2.16. The van der Waals surface area contributed by atoms with E-state index in [1.54, 1.807) is 30.3 Å². The summed E-state index contributed by atoms with van der Waals surface area (Å²) in [6.45, 7) is 0.199. The number of thiophene rings is 1. The van der Waals surface area contributed by atoms with Crippen molar-refractivity contribution in [2.24, 2.45) is 0 Å². The van der Waals surface area contributed by atoms with Gasteiger partial charge < -0.3 is 14.2 Å². The second kappa shape index (κ2) is 4.62. The molecule has 0 unspecified atom stereocenters. The molecule has 1 aromatic carbocycles. The molecule has 4 nitrogen and oxygen atoms in total. The van der Waals surface area contributed by atoms with E-state index >= 15 is 0 Å². The fourth-order valence-electron chi connectivity index (χ4n) is 1.52. The molecule has 0 radical (unpaired) electrons. The quantitative estimate of drug-likeness (QED) is 0.626. The lowest BCUT2D eigenvalue weighted by molar-refractivity contribution is 0.0739. The van der Waals surface area contributed by atoms with Crippen LogP contribution in [0.2, 0.25) is 0 Å². The molecule has 0 saturated carbocycles. The summed E-state index contributed by atoms with van der Waals surface area (Å²) in [5.41, 5.74) is 0. The molecule has 0 amide bonds. The third-order valence-corrected chi connectivity index (χ3v) is 3.93. The van der Waals surface area contributed by atoms with Crippen molar-refractivity contribution < 1.29 is 19.0 Å². The molecular weight excluding hydrogens is 320 g/mol. The van der Waals surface area contributed by atoms with Crippen molar-refractivity contribution in [1.82, 2.24) is 0 Å². The molecule has 0 saturated heterocycles. The summed E-state index contributed by atoms with van der Waals surface area (Å²) in [6.07, 6.45) is 0. The molecule has 0 aliphatic carbocycles. The van der Waals surface area contributed by atoms with E-state index in [9.17, 15) is 4.79 Å². The van der Waals surface area contributed by atoms with E-state index in [0.717, 1.165) is 3.79 Å². The van der Waals surface area contributed by atoms with Crippen LogP contribution in [0.1, 0.15) is 9.67 Å². The number of carbonyl (C=O) groups is 1. The van der Waals surface area contributed by atoms with E-state index in [0.29, 0.717) is 22.1 Å². The molecule has 18 heavy (non-hydrogen) atoms. The molecule has 0 bridgehead atoms. The number of rotatable bonds is 2. The molecule has 1 aliphatic heterocycles. The van der Waals surface area contributed by atoms with Crippen LogP contribution in [0.3, 0.4) is 0 Å². The highest BCUT2D eigenvalue weighted by atomic mass is 79.9. The molecule has 0 spiro atoms. The average Bonchev–Trinajstić information content (AvgIpc) is 2.96. The molecule has 0 N–H and O–H groups in total. The van der Waals surface area contributed by atoms with Crippen molar-refractivity contribution in [1.29, 1.82) is 0 Å². The van der Waals surface area contributed by atoms with Crippen LogP contribution in [-0.2, 0) is 0 Å². The van der Waals surface area contributed by atoms with Gasteiger partial charge in [0.1, 0.15) is 10.6 Å². The number of benzene rings is 1. The second-order valence-electron chi connectivity index (χ2n) is 3.51. The maximum Gasteiger partial charge on any atom is 0.353 e. The lowest BCUT2D eigenvalue weighted by Crippen LogP contribution is -2.06. The van der Waals surface area contributed by atoms with Gasteiger partial charge in [-0.2, -0.15) is 0 Å². The number of halogens is 1. The molecule has 3 rings (SSSR count). The first-order valence-corrected chi connectivity index (χ1v) is 6.70. The Morgan fingerprint density at radius 3 is 2.83 bits per heavy atom. The van der Waals surface area contributed by atoms with Gasteiger partial charge in [-0.3, -0.25) is 0 Å². The minimum Gasteiger partial charge on any atom is -0.454 e. The van der Waals surface area contributed by atoms with E-state index in [4.69, 9.17) is 14.2 Å². The predicted octanol–water partition coefficient (Wildman–Crippen LogP) is 3.46. The van der Waals surface area contributed by atoms with E-state index in [2.05, 4.69) is 15.9 Å². The van der Waals surface area contributed by atoms with E-state index in [1.807, 2.05) is 0 Å². The summed E-state index contributed by atoms with van der Waals surface area (Å²) in [6, 6.07) is 8.55. The summed E-state index contributed by atoms with van der Waals surface area (Å²) in [7, 11) is 0. The molecular formula is C12H7BrO4S. The van der Waals surface area contributed by atoms with Crippen molar-refractivity contribution in [2.45, 2.75) is 0 Å². The maximum absolute atomic E-state index is 11.8. The molecule has 1 aromatic heterocycles. The van der Waals surface area contributed by atoms with Crippen LogP contribution in [0.25, 0.3) is 0 Å². The second-order valence-corrected chi connectivity index (χ2v) is 5.97. The van der Waals surface area contributed by atoms with Crippen molar-refractivity contribution in [3.8, 4) is 17.2 Å². The lowest BCUT2D eigenvalue weighted by Gasteiger charge is -2.03. The summed E-state index contributed by atoms with van der Waals surface area (Å²) in [4.78, 5) is 12.4. The molecule has 2 heterocycles. The molecule has 0 fully saturated rings. The van der Waals surface area contributed by atoms with E-state index in [-0.39, 0.29) is 12.8 Å². The smallest absolute Gasteiger partial charge is 0.353 e. The van der Waals surface area contributed by atoms with Crippen LogP contribution in [-0.4, -0.2) is 12.8 Å². The number of hydrogen-bond donors (Lipinski definition) is 0. The summed E-state index contributed by atoms with van der Waals surface area (Å²) < 4.78 is 16.5. The number of fused-ring (bicyclic) bond motifs is 1. The first-order chi connectivity index (χ1) is 8.72. The van der Waals surface area contributed by atoms with Crippen molar-refractivity contribution >= 4 is 33.2 Å². The minimum atomic E-state index is -0.385. The van der Waals surface area contributed by atoms with E-state index < -0.39 is 0 Å². The molecule has 92 valence electrons. The van der Waals surface area contributed by atoms with Crippen LogP contribution < -0.4 is 14.2 Å². The Hall–Kier alpha value is -1.53. The molecule has 2 aromatic rings. The van der Waals surface area contributed by atoms with Gasteiger partial charge in [-0.15, -0.1) is 11.3 Å².